The lowest BCUT2D eigenvalue weighted by atomic mass is 9.63. The molecule has 1 aliphatic heterocycles. The Bertz CT molecular complexity index is 473. The van der Waals surface area contributed by atoms with Crippen molar-refractivity contribution < 1.29 is 19.3 Å². The molecule has 1 aromatic carbocycles. The van der Waals surface area contributed by atoms with E-state index in [-0.39, 0.29) is 0 Å². The van der Waals surface area contributed by atoms with E-state index in [1.165, 1.54) is 0 Å². The number of ether oxygens (including phenoxy) is 3. The molecule has 21 heavy (non-hydrogen) atoms. The highest BCUT2D eigenvalue weighted by Gasteiger charge is 2.51. The third-order valence-electron chi connectivity index (χ3n) is 4.66. The lowest BCUT2D eigenvalue weighted by molar-refractivity contribution is -0.159. The van der Waals surface area contributed by atoms with Crippen LogP contribution in [0.15, 0.2) is 24.3 Å². The smallest absolute Gasteiger partial charge is 0.159 e. The highest BCUT2D eigenvalue weighted by Crippen LogP contribution is 2.47. The van der Waals surface area contributed by atoms with Crippen LogP contribution in [0.25, 0.3) is 0 Å². The minimum atomic E-state index is -1.07. The Hall–Kier alpha value is -1.14. The monoisotopic (exact) mass is 295 g/mol. The largest absolute Gasteiger partial charge is 0.493 e. The summed E-state index contributed by atoms with van der Waals surface area (Å²) in [5.74, 6) is 0.792. The summed E-state index contributed by atoms with van der Waals surface area (Å²) >= 11 is 0. The number of nitrogens with two attached hydrogens (primary N) is 1. The topological polar surface area (TPSA) is 73.9 Å². The predicted molar refractivity (Wildman–Crippen MR) is 80.3 cm³/mol. The highest BCUT2D eigenvalue weighted by atomic mass is 16.7. The Balaban J connectivity index is 2.42. The van der Waals surface area contributed by atoms with Crippen molar-refractivity contribution in [2.24, 2.45) is 5.73 Å². The number of benzene rings is 1. The second kappa shape index (κ2) is 6.32. The van der Waals surface area contributed by atoms with Gasteiger partial charge in [-0.05, 0) is 19.4 Å². The SMILES string of the molecule is COC(CC(C)(O)C1(CN)CCOc2ccccc21)OC. The van der Waals surface area contributed by atoms with Crippen molar-refractivity contribution in [1.29, 1.82) is 0 Å². The summed E-state index contributed by atoms with van der Waals surface area (Å²) < 4.78 is 16.2. The third kappa shape index (κ3) is 2.79. The molecule has 0 saturated heterocycles. The summed E-state index contributed by atoms with van der Waals surface area (Å²) in [5, 5.41) is 11.2. The van der Waals surface area contributed by atoms with Gasteiger partial charge in [-0.15, -0.1) is 0 Å². The van der Waals surface area contributed by atoms with Gasteiger partial charge >= 0.3 is 0 Å². The molecule has 5 nitrogen and oxygen atoms in total. The molecule has 1 heterocycles. The van der Waals surface area contributed by atoms with Crippen molar-refractivity contribution in [1.82, 2.24) is 0 Å². The highest BCUT2D eigenvalue weighted by molar-refractivity contribution is 5.44. The van der Waals surface area contributed by atoms with E-state index in [1.54, 1.807) is 21.1 Å². The number of hydrogen-bond acceptors (Lipinski definition) is 5. The van der Waals surface area contributed by atoms with Crippen LogP contribution in [0.4, 0.5) is 0 Å². The van der Waals surface area contributed by atoms with Gasteiger partial charge < -0.3 is 25.1 Å². The number of fused-ring (bicyclic) bond motifs is 1. The maximum Gasteiger partial charge on any atom is 0.159 e. The van der Waals surface area contributed by atoms with Crippen LogP contribution in [0.5, 0.6) is 5.75 Å². The number of rotatable bonds is 6. The molecule has 2 rings (SSSR count). The van der Waals surface area contributed by atoms with Gasteiger partial charge in [0, 0.05) is 38.2 Å². The number of methoxy groups -OCH3 is 2. The molecule has 0 amide bonds. The van der Waals surface area contributed by atoms with Gasteiger partial charge in [-0.1, -0.05) is 18.2 Å². The lowest BCUT2D eigenvalue weighted by Crippen LogP contribution is -2.57. The van der Waals surface area contributed by atoms with Crippen molar-refractivity contribution in [3.63, 3.8) is 0 Å². The quantitative estimate of drug-likeness (QED) is 0.777. The summed E-state index contributed by atoms with van der Waals surface area (Å²) in [4.78, 5) is 0. The van der Waals surface area contributed by atoms with E-state index in [2.05, 4.69) is 0 Å². The Labute approximate surface area is 126 Å². The van der Waals surface area contributed by atoms with Gasteiger partial charge in [0.1, 0.15) is 5.75 Å². The summed E-state index contributed by atoms with van der Waals surface area (Å²) in [5.41, 5.74) is 5.41. The van der Waals surface area contributed by atoms with Gasteiger partial charge in [0.15, 0.2) is 6.29 Å². The van der Waals surface area contributed by atoms with Crippen LogP contribution in [-0.2, 0) is 14.9 Å². The molecule has 2 unspecified atom stereocenters. The summed E-state index contributed by atoms with van der Waals surface area (Å²) in [6.07, 6.45) is 0.526. The fourth-order valence-electron chi connectivity index (χ4n) is 3.23. The molecule has 0 aromatic heterocycles. The molecule has 3 N–H and O–H groups in total. The van der Waals surface area contributed by atoms with Gasteiger partial charge in [-0.2, -0.15) is 0 Å². The van der Waals surface area contributed by atoms with Crippen LogP contribution < -0.4 is 10.5 Å². The summed E-state index contributed by atoms with van der Waals surface area (Å²) in [6.45, 7) is 2.67. The summed E-state index contributed by atoms with van der Waals surface area (Å²) in [7, 11) is 3.13. The van der Waals surface area contributed by atoms with Gasteiger partial charge in [-0.3, -0.25) is 0 Å². The Kier molecular flexibility index (Phi) is 4.88. The normalized spacial score (nSPS) is 24.3. The zero-order chi connectivity index (χ0) is 15.5. The van der Waals surface area contributed by atoms with E-state index in [0.29, 0.717) is 26.0 Å². The molecule has 2 atom stereocenters. The standard InChI is InChI=1S/C16H25NO4/c1-15(18,10-14(19-2)20-3)16(11-17)8-9-21-13-7-5-4-6-12(13)16/h4-7,14,18H,8-11,17H2,1-3H3. The first kappa shape index (κ1) is 16.2. The van der Waals surface area contributed by atoms with E-state index in [4.69, 9.17) is 19.9 Å². The Morgan fingerprint density at radius 1 is 1.38 bits per heavy atom. The van der Waals surface area contributed by atoms with Gasteiger partial charge in [-0.25, -0.2) is 0 Å². The first-order valence-electron chi connectivity index (χ1n) is 7.21. The minimum absolute atomic E-state index is 0.334. The van der Waals surface area contributed by atoms with Gasteiger partial charge in [0.25, 0.3) is 0 Å². The van der Waals surface area contributed by atoms with Crippen LogP contribution in [0.3, 0.4) is 0 Å². The number of hydrogen-bond donors (Lipinski definition) is 2. The maximum absolute atomic E-state index is 11.2. The van der Waals surface area contributed by atoms with Crippen molar-refractivity contribution >= 4 is 0 Å². The molecule has 0 bridgehead atoms. The molecule has 0 fully saturated rings. The minimum Gasteiger partial charge on any atom is -0.493 e. The van der Waals surface area contributed by atoms with E-state index >= 15 is 0 Å². The van der Waals surface area contributed by atoms with Crippen LogP contribution in [0.2, 0.25) is 0 Å². The number of aliphatic hydroxyl groups is 1. The van der Waals surface area contributed by atoms with E-state index in [1.807, 2.05) is 24.3 Å². The molecular weight excluding hydrogens is 270 g/mol. The molecule has 118 valence electrons. The maximum atomic E-state index is 11.2. The van der Waals surface area contributed by atoms with E-state index < -0.39 is 17.3 Å². The lowest BCUT2D eigenvalue weighted by Gasteiger charge is -2.48. The molecule has 1 aliphatic rings. The molecule has 0 spiro atoms. The molecule has 0 saturated carbocycles. The average molecular weight is 295 g/mol. The zero-order valence-corrected chi connectivity index (χ0v) is 13.0. The molecule has 0 radical (unpaired) electrons. The van der Waals surface area contributed by atoms with Gasteiger partial charge in [0.05, 0.1) is 12.2 Å². The first-order valence-corrected chi connectivity index (χ1v) is 7.21. The van der Waals surface area contributed by atoms with E-state index in [0.717, 1.165) is 11.3 Å². The fraction of sp³-hybridized carbons (Fsp3) is 0.625. The van der Waals surface area contributed by atoms with Gasteiger partial charge in [0.2, 0.25) is 0 Å². The van der Waals surface area contributed by atoms with Crippen molar-refractivity contribution in [3.05, 3.63) is 29.8 Å². The number of para-hydroxylation sites is 1. The van der Waals surface area contributed by atoms with Crippen molar-refractivity contribution in [3.8, 4) is 5.75 Å². The predicted octanol–water partition coefficient (Wildman–Crippen LogP) is 1.43. The molecular formula is C16H25NO4. The second-order valence-corrected chi connectivity index (χ2v) is 5.76. The fourth-order valence-corrected chi connectivity index (χ4v) is 3.23. The Morgan fingerprint density at radius 2 is 2.05 bits per heavy atom. The molecule has 5 heteroatoms. The molecule has 0 aliphatic carbocycles. The summed E-state index contributed by atoms with van der Waals surface area (Å²) in [6, 6.07) is 7.76. The van der Waals surface area contributed by atoms with Crippen LogP contribution in [-0.4, -0.2) is 44.4 Å². The van der Waals surface area contributed by atoms with Crippen LogP contribution >= 0.6 is 0 Å². The zero-order valence-electron chi connectivity index (χ0n) is 13.0. The van der Waals surface area contributed by atoms with Crippen LogP contribution in [0.1, 0.15) is 25.3 Å². The molecule has 1 aromatic rings. The van der Waals surface area contributed by atoms with Crippen LogP contribution in [0, 0.1) is 0 Å². The van der Waals surface area contributed by atoms with Crippen molar-refractivity contribution in [2.75, 3.05) is 27.4 Å². The Morgan fingerprint density at radius 3 is 2.67 bits per heavy atom. The van der Waals surface area contributed by atoms with Crippen molar-refractivity contribution in [2.45, 2.75) is 37.1 Å². The van der Waals surface area contributed by atoms with E-state index in [9.17, 15) is 5.11 Å². The second-order valence-electron chi connectivity index (χ2n) is 5.76. The third-order valence-corrected chi connectivity index (χ3v) is 4.66. The average Bonchev–Trinajstić information content (AvgIpc) is 2.51. The first-order chi connectivity index (χ1) is 10.0.